The van der Waals surface area contributed by atoms with E-state index in [9.17, 15) is 35.1 Å². The number of benzene rings is 7. The standard InChI is InChI=1S/C61H22F18N4S2/c1-12-24-18-6-4-16-14-2-3-15-17-5-7-19-31-29(17)36-27(15)26(14)35-28(16)30(18)37-33(24)34-25(12)47-46-39(38(31)44-42(36)41(35)43(37)45(44)40(34)46)32(19)48-49(47)53(48,20-8-9-21(52-51(20)82-85-83-52)55(64,65)57(68,69)59(72,73)61(77,78)79)22-10-13(11-23-50(22)81-84-80-23)54(62,63)56(66,67)58(70,71)60(74,75)76/h2-12,16,18,24,28,30,33,48-49H,1H3. The molecule has 2 heterocycles. The van der Waals surface area contributed by atoms with Gasteiger partial charge in [0.25, 0.3) is 0 Å². The first-order valence-electron chi connectivity index (χ1n) is 27.0. The van der Waals surface area contributed by atoms with E-state index in [0.29, 0.717) is 45.8 Å². The van der Waals surface area contributed by atoms with Gasteiger partial charge >= 0.3 is 47.9 Å². The highest BCUT2D eigenvalue weighted by atomic mass is 32.1. The van der Waals surface area contributed by atoms with Crippen LogP contribution in [0.4, 0.5) is 79.0 Å². The third-order valence-corrected chi connectivity index (χ3v) is 23.6. The highest BCUT2D eigenvalue weighted by molar-refractivity contribution is 7.00. The quantitative estimate of drug-likeness (QED) is 0.0864. The van der Waals surface area contributed by atoms with E-state index in [0.717, 1.165) is 75.8 Å². The molecule has 0 radical (unpaired) electrons. The molecule has 0 amide bonds. The lowest BCUT2D eigenvalue weighted by molar-refractivity contribution is -0.399. The predicted octanol–water partition coefficient (Wildman–Crippen LogP) is 17.9. The first-order valence-corrected chi connectivity index (χ1v) is 28.4. The van der Waals surface area contributed by atoms with E-state index in [2.05, 4.69) is 48.7 Å². The van der Waals surface area contributed by atoms with Crippen molar-refractivity contribution >= 4 is 137 Å². The fourth-order valence-corrected chi connectivity index (χ4v) is 21.1. The molecule has 0 saturated heterocycles. The van der Waals surface area contributed by atoms with Crippen LogP contribution in [0.3, 0.4) is 0 Å². The summed E-state index contributed by atoms with van der Waals surface area (Å²) in [5.41, 5.74) is -4.09. The summed E-state index contributed by atoms with van der Waals surface area (Å²) in [6, 6.07) is 9.51. The molecule has 8 aliphatic rings. The van der Waals surface area contributed by atoms with Crippen molar-refractivity contribution in [2.75, 3.05) is 0 Å². The van der Waals surface area contributed by atoms with Gasteiger partial charge < -0.3 is 0 Å². The second-order valence-electron chi connectivity index (χ2n) is 25.1. The zero-order chi connectivity index (χ0) is 58.5. The molecule has 4 nitrogen and oxygen atoms in total. The molecule has 11 aromatic carbocycles. The van der Waals surface area contributed by atoms with E-state index in [-0.39, 0.29) is 65.3 Å². The third kappa shape index (κ3) is 4.19. The monoisotopic (exact) mass is 1220 g/mol. The summed E-state index contributed by atoms with van der Waals surface area (Å²) in [5, 5.41) is 16.2. The van der Waals surface area contributed by atoms with Crippen LogP contribution in [0.15, 0.2) is 60.7 Å². The molecule has 13 aromatic rings. The molecule has 10 unspecified atom stereocenters. The number of hydrogen-bond acceptors (Lipinski definition) is 6. The maximum atomic E-state index is 16.9. The van der Waals surface area contributed by atoms with Crippen LogP contribution in [0, 0.1) is 17.8 Å². The maximum Gasteiger partial charge on any atom is 0.460 e. The van der Waals surface area contributed by atoms with E-state index < -0.39 is 109 Å². The average molecular weight is 1220 g/mol. The number of allylic oxidation sites excluding steroid dienone is 2. The number of halogens is 18. The van der Waals surface area contributed by atoms with Gasteiger partial charge in [0.05, 0.1) is 29.0 Å². The zero-order valence-corrected chi connectivity index (χ0v) is 43.5. The molecule has 2 fully saturated rings. The summed E-state index contributed by atoms with van der Waals surface area (Å²) in [7, 11) is 0. The Morgan fingerprint density at radius 2 is 1.02 bits per heavy atom. The second kappa shape index (κ2) is 12.8. The smallest absolute Gasteiger partial charge is 0.194 e. The molecule has 0 spiro atoms. The molecule has 0 N–H and O–H groups in total. The molecule has 21 rings (SSSR count). The Labute approximate surface area is 467 Å². The molecule has 10 atom stereocenters. The lowest BCUT2D eigenvalue weighted by atomic mass is 9.64. The minimum atomic E-state index is -7.38. The van der Waals surface area contributed by atoms with Crippen molar-refractivity contribution < 1.29 is 79.0 Å². The maximum absolute atomic E-state index is 16.9. The Kier molecular flexibility index (Phi) is 7.26. The number of aromatic nitrogens is 4. The number of rotatable bonds is 8. The van der Waals surface area contributed by atoms with Crippen molar-refractivity contribution in [1.29, 1.82) is 0 Å². The Morgan fingerprint density at radius 1 is 0.447 bits per heavy atom. The summed E-state index contributed by atoms with van der Waals surface area (Å²) in [6.07, 6.45) is -9.82. The van der Waals surface area contributed by atoms with Crippen LogP contribution in [0.5, 0.6) is 0 Å². The van der Waals surface area contributed by atoms with Crippen molar-refractivity contribution in [3.8, 4) is 0 Å². The number of fused-ring (bicyclic) bond motifs is 10. The molecule has 2 aromatic heterocycles. The van der Waals surface area contributed by atoms with Crippen molar-refractivity contribution in [3.63, 3.8) is 0 Å². The highest BCUT2D eigenvalue weighted by Crippen LogP contribution is 2.85. The molecular weight excluding hydrogens is 1190 g/mol. The fourth-order valence-electron chi connectivity index (χ4n) is 20.0. The summed E-state index contributed by atoms with van der Waals surface area (Å²) in [6.45, 7) is 2.07. The first kappa shape index (κ1) is 48.1. The molecule has 85 heavy (non-hydrogen) atoms. The third-order valence-electron chi connectivity index (χ3n) is 22.5. The average Bonchev–Trinajstić information content (AvgIpc) is 1.42. The van der Waals surface area contributed by atoms with E-state index in [4.69, 9.17) is 0 Å². The van der Waals surface area contributed by atoms with Gasteiger partial charge in [0.15, 0.2) is 0 Å². The van der Waals surface area contributed by atoms with Gasteiger partial charge in [0.1, 0.15) is 22.1 Å². The van der Waals surface area contributed by atoms with Crippen LogP contribution in [-0.4, -0.2) is 53.5 Å². The molecule has 8 aliphatic carbocycles. The van der Waals surface area contributed by atoms with Gasteiger partial charge in [-0.3, -0.25) is 0 Å². The molecule has 2 saturated carbocycles. The van der Waals surface area contributed by atoms with E-state index in [1.807, 2.05) is 12.1 Å². The van der Waals surface area contributed by atoms with Gasteiger partial charge in [-0.05, 0) is 177 Å². The normalized spacial score (nSPS) is 27.6. The van der Waals surface area contributed by atoms with Crippen LogP contribution < -0.4 is 5.22 Å². The Morgan fingerprint density at radius 3 is 1.75 bits per heavy atom. The van der Waals surface area contributed by atoms with E-state index in [1.165, 1.54) is 32.7 Å². The minimum absolute atomic E-state index is 0.0218. The van der Waals surface area contributed by atoms with Gasteiger partial charge in [-0.1, -0.05) is 55.5 Å². The molecule has 424 valence electrons. The van der Waals surface area contributed by atoms with Gasteiger partial charge in [0.2, 0.25) is 0 Å². The Bertz CT molecular complexity index is 5540. The summed E-state index contributed by atoms with van der Waals surface area (Å²) in [5.74, 6) is -44.8. The van der Waals surface area contributed by atoms with Crippen LogP contribution in [0.2, 0.25) is 0 Å². The molecule has 0 aliphatic heterocycles. The molecule has 0 bridgehead atoms. The molecular formula is C61H22F18N4S2. The summed E-state index contributed by atoms with van der Waals surface area (Å²) in [4.78, 5) is 0. The van der Waals surface area contributed by atoms with Gasteiger partial charge in [0, 0.05) is 40.6 Å². The van der Waals surface area contributed by atoms with Crippen LogP contribution in [0.25, 0.3) is 114 Å². The Hall–Kier alpha value is -7.08. The summed E-state index contributed by atoms with van der Waals surface area (Å²) >= 11 is 0.333. The largest absolute Gasteiger partial charge is 0.460 e. The predicted molar refractivity (Wildman–Crippen MR) is 278 cm³/mol. The topological polar surface area (TPSA) is 51.6 Å². The SMILES string of the molecule is CC1c2c3c4c5c2C2C6=c7c8c9c%10c(ccc%11c%12ccc%13c(c4c4c%13c%12c(c%10%11)c8c4c75)C4C3C4(c3cc(C(F)(F)C(F)(F)C(F)(F)C(F)(F)F)cc4nsnc34)c3ccc(C(F)(F)C(F)(F)C(F)(F)C(F)(F)F)c4nsnc34)C3C=CC(C6C93)C12. The minimum Gasteiger partial charge on any atom is -0.194 e. The van der Waals surface area contributed by atoms with Gasteiger partial charge in [-0.25, -0.2) is 0 Å². The lowest BCUT2D eigenvalue weighted by Gasteiger charge is -2.39. The van der Waals surface area contributed by atoms with Crippen LogP contribution >= 0.6 is 23.5 Å². The van der Waals surface area contributed by atoms with Crippen LogP contribution in [0.1, 0.15) is 98.1 Å². The number of nitrogens with zero attached hydrogens (tertiary/aromatic N) is 4. The van der Waals surface area contributed by atoms with Crippen molar-refractivity contribution in [2.45, 2.75) is 95.7 Å². The zero-order valence-electron chi connectivity index (χ0n) is 41.9. The van der Waals surface area contributed by atoms with E-state index in [1.54, 1.807) is 0 Å². The first-order chi connectivity index (χ1) is 40.0. The van der Waals surface area contributed by atoms with E-state index >= 15 is 43.9 Å². The molecule has 24 heteroatoms. The fraction of sp³-hybridized carbons (Fsp3) is 0.311. The second-order valence-corrected chi connectivity index (χ2v) is 26.1. The van der Waals surface area contributed by atoms with Crippen molar-refractivity contribution in [1.82, 2.24) is 17.5 Å². The number of hydrogen-bond donors (Lipinski definition) is 0. The highest BCUT2D eigenvalue weighted by Gasteiger charge is 2.84. The van der Waals surface area contributed by atoms with Gasteiger partial charge in [-0.15, -0.1) is 0 Å². The van der Waals surface area contributed by atoms with Crippen molar-refractivity contribution in [3.05, 3.63) is 122 Å². The Balaban J connectivity index is 0.944. The number of alkyl halides is 18. The van der Waals surface area contributed by atoms with Crippen molar-refractivity contribution in [2.24, 2.45) is 17.8 Å². The lowest BCUT2D eigenvalue weighted by Crippen LogP contribution is -2.59. The van der Waals surface area contributed by atoms with Crippen LogP contribution in [-0.2, 0) is 17.3 Å². The van der Waals surface area contributed by atoms with Gasteiger partial charge in [-0.2, -0.15) is 96.5 Å². The summed E-state index contributed by atoms with van der Waals surface area (Å²) < 4.78 is 289.